The van der Waals surface area contributed by atoms with E-state index in [0.29, 0.717) is 13.0 Å². The third-order valence-electron chi connectivity index (χ3n) is 5.07. The third kappa shape index (κ3) is 3.19. The van der Waals surface area contributed by atoms with Crippen LogP contribution in [0.15, 0.2) is 48.5 Å². The van der Waals surface area contributed by atoms with Crippen LogP contribution in [-0.4, -0.2) is 42.2 Å². The van der Waals surface area contributed by atoms with E-state index in [-0.39, 0.29) is 24.3 Å². The predicted molar refractivity (Wildman–Crippen MR) is 104 cm³/mol. The lowest BCUT2D eigenvalue weighted by atomic mass is 10.1. The largest absolute Gasteiger partial charge is 0.497 e. The molecule has 4 rings (SSSR count). The number of imidazole rings is 1. The average Bonchev–Trinajstić information content (AvgIpc) is 3.28. The second-order valence-electron chi connectivity index (χ2n) is 6.72. The van der Waals surface area contributed by atoms with Crippen LogP contribution < -0.4 is 9.64 Å². The van der Waals surface area contributed by atoms with Gasteiger partial charge in [-0.1, -0.05) is 12.1 Å². The number of rotatable bonds is 5. The van der Waals surface area contributed by atoms with Crippen LogP contribution in [0, 0.1) is 0 Å². The van der Waals surface area contributed by atoms with Crippen molar-refractivity contribution in [2.24, 2.45) is 0 Å². The van der Waals surface area contributed by atoms with E-state index in [2.05, 4.69) is 0 Å². The Bertz CT molecular complexity index is 1030. The van der Waals surface area contributed by atoms with Gasteiger partial charge in [0.2, 0.25) is 5.91 Å². The average molecular weight is 379 g/mol. The molecule has 0 spiro atoms. The van der Waals surface area contributed by atoms with Crippen LogP contribution in [0.4, 0.5) is 5.69 Å². The minimum Gasteiger partial charge on any atom is -0.497 e. The fourth-order valence-electron chi connectivity index (χ4n) is 3.66. The highest BCUT2D eigenvalue weighted by Gasteiger charge is 2.35. The topological polar surface area (TPSA) is 73.7 Å². The Hall–Kier alpha value is -3.35. The number of amides is 1. The standard InChI is InChI=1S/C21H21N3O4/c1-27-16-9-7-15(8-10-16)23-12-14(11-19(23)25)21-22-17-5-3-4-6-18(17)24(21)13-20(26)28-2/h3-10,14H,11-13H2,1-2H3/t14-/m1/s1. The van der Waals surface area contributed by atoms with Gasteiger partial charge in [0.1, 0.15) is 18.1 Å². The number of esters is 1. The molecule has 1 aliphatic heterocycles. The molecule has 0 unspecified atom stereocenters. The smallest absolute Gasteiger partial charge is 0.325 e. The number of ether oxygens (including phenoxy) is 2. The Balaban J connectivity index is 1.67. The number of aromatic nitrogens is 2. The highest BCUT2D eigenvalue weighted by Crippen LogP contribution is 2.33. The molecule has 0 aliphatic carbocycles. The number of anilines is 1. The molecule has 2 aromatic carbocycles. The maximum atomic E-state index is 12.7. The van der Waals surface area contributed by atoms with Crippen LogP contribution in [0.25, 0.3) is 11.0 Å². The van der Waals surface area contributed by atoms with Crippen LogP contribution >= 0.6 is 0 Å². The lowest BCUT2D eigenvalue weighted by Crippen LogP contribution is -2.24. The Morgan fingerprint density at radius 1 is 1.14 bits per heavy atom. The number of nitrogens with zero attached hydrogens (tertiary/aromatic N) is 3. The van der Waals surface area contributed by atoms with Crippen LogP contribution in [0.5, 0.6) is 5.75 Å². The summed E-state index contributed by atoms with van der Waals surface area (Å²) in [6, 6.07) is 15.1. The zero-order valence-corrected chi connectivity index (χ0v) is 15.8. The lowest BCUT2D eigenvalue weighted by molar-refractivity contribution is -0.141. The summed E-state index contributed by atoms with van der Waals surface area (Å²) in [6.07, 6.45) is 0.344. The SMILES string of the molecule is COC(=O)Cn1c([C@@H]2CC(=O)N(c3ccc(OC)cc3)C2)nc2ccccc21. The number of fused-ring (bicyclic) bond motifs is 1. The van der Waals surface area contributed by atoms with Crippen molar-refractivity contribution >= 4 is 28.6 Å². The van der Waals surface area contributed by atoms with Gasteiger partial charge in [0.05, 0.1) is 25.3 Å². The van der Waals surface area contributed by atoms with Crippen LogP contribution in [0.2, 0.25) is 0 Å². The van der Waals surface area contributed by atoms with Crippen LogP contribution in [0.1, 0.15) is 18.2 Å². The van der Waals surface area contributed by atoms with Gasteiger partial charge in [0, 0.05) is 24.6 Å². The van der Waals surface area contributed by atoms with Gasteiger partial charge in [0.25, 0.3) is 0 Å². The molecular weight excluding hydrogens is 358 g/mol. The van der Waals surface area contributed by atoms with Crippen LogP contribution in [-0.2, 0) is 20.9 Å². The first kappa shape index (κ1) is 18.0. The summed E-state index contributed by atoms with van der Waals surface area (Å²) < 4.78 is 11.9. The van der Waals surface area contributed by atoms with Gasteiger partial charge in [0.15, 0.2) is 0 Å². The lowest BCUT2D eigenvalue weighted by Gasteiger charge is -2.17. The maximum Gasteiger partial charge on any atom is 0.325 e. The van der Waals surface area contributed by atoms with Crippen molar-refractivity contribution in [2.75, 3.05) is 25.7 Å². The molecular formula is C21H21N3O4. The van der Waals surface area contributed by atoms with Crippen molar-refractivity contribution in [3.8, 4) is 5.75 Å². The van der Waals surface area contributed by atoms with Crippen molar-refractivity contribution in [3.05, 3.63) is 54.4 Å². The predicted octanol–water partition coefficient (Wildman–Crippen LogP) is 2.74. The van der Waals surface area contributed by atoms with Gasteiger partial charge in [-0.05, 0) is 36.4 Å². The Morgan fingerprint density at radius 3 is 2.61 bits per heavy atom. The third-order valence-corrected chi connectivity index (χ3v) is 5.07. The molecule has 1 saturated heterocycles. The summed E-state index contributed by atoms with van der Waals surface area (Å²) in [5.41, 5.74) is 2.49. The zero-order chi connectivity index (χ0) is 19.7. The first-order chi connectivity index (χ1) is 13.6. The number of para-hydroxylation sites is 2. The summed E-state index contributed by atoms with van der Waals surface area (Å²) in [7, 11) is 2.98. The highest BCUT2D eigenvalue weighted by molar-refractivity contribution is 5.96. The van der Waals surface area contributed by atoms with Crippen molar-refractivity contribution in [1.82, 2.24) is 9.55 Å². The molecule has 0 N–H and O–H groups in total. The van der Waals surface area contributed by atoms with E-state index < -0.39 is 0 Å². The number of methoxy groups -OCH3 is 2. The maximum absolute atomic E-state index is 12.7. The number of carbonyl (C=O) groups is 2. The summed E-state index contributed by atoms with van der Waals surface area (Å²) >= 11 is 0. The first-order valence-corrected chi connectivity index (χ1v) is 9.07. The molecule has 2 heterocycles. The van der Waals surface area contributed by atoms with Gasteiger partial charge in [-0.2, -0.15) is 0 Å². The Morgan fingerprint density at radius 2 is 1.89 bits per heavy atom. The number of hydrogen-bond acceptors (Lipinski definition) is 5. The number of hydrogen-bond donors (Lipinski definition) is 0. The summed E-state index contributed by atoms with van der Waals surface area (Å²) in [5, 5.41) is 0. The minimum absolute atomic E-state index is 0.0341. The molecule has 7 nitrogen and oxygen atoms in total. The van der Waals surface area contributed by atoms with Gasteiger partial charge in [-0.3, -0.25) is 9.59 Å². The Labute approximate surface area is 162 Å². The van der Waals surface area contributed by atoms with Gasteiger partial charge in [-0.25, -0.2) is 4.98 Å². The number of benzene rings is 2. The zero-order valence-electron chi connectivity index (χ0n) is 15.8. The van der Waals surface area contributed by atoms with E-state index in [1.54, 1.807) is 12.0 Å². The van der Waals surface area contributed by atoms with Gasteiger partial charge < -0.3 is 18.9 Å². The monoisotopic (exact) mass is 379 g/mol. The molecule has 28 heavy (non-hydrogen) atoms. The van der Waals surface area contributed by atoms with Crippen molar-refractivity contribution in [3.63, 3.8) is 0 Å². The summed E-state index contributed by atoms with van der Waals surface area (Å²) in [5.74, 6) is 1.06. The van der Waals surface area contributed by atoms with E-state index in [1.165, 1.54) is 7.11 Å². The molecule has 1 fully saturated rings. The molecule has 1 amide bonds. The van der Waals surface area contributed by atoms with Crippen molar-refractivity contribution in [1.29, 1.82) is 0 Å². The quantitative estimate of drug-likeness (QED) is 0.638. The molecule has 144 valence electrons. The molecule has 1 atom stereocenters. The highest BCUT2D eigenvalue weighted by atomic mass is 16.5. The fourth-order valence-corrected chi connectivity index (χ4v) is 3.66. The fraction of sp³-hybridized carbons (Fsp3) is 0.286. The molecule has 0 bridgehead atoms. The van der Waals surface area contributed by atoms with Crippen molar-refractivity contribution in [2.45, 2.75) is 18.9 Å². The molecule has 7 heteroatoms. The second kappa shape index (κ2) is 7.34. The van der Waals surface area contributed by atoms with E-state index in [0.717, 1.165) is 28.3 Å². The van der Waals surface area contributed by atoms with E-state index in [1.807, 2.05) is 53.1 Å². The minimum atomic E-state index is -0.347. The molecule has 3 aromatic rings. The van der Waals surface area contributed by atoms with E-state index in [4.69, 9.17) is 14.5 Å². The van der Waals surface area contributed by atoms with Gasteiger partial charge in [-0.15, -0.1) is 0 Å². The molecule has 0 saturated carbocycles. The molecule has 0 radical (unpaired) electrons. The Kier molecular flexibility index (Phi) is 4.73. The molecule has 1 aliphatic rings. The van der Waals surface area contributed by atoms with E-state index in [9.17, 15) is 9.59 Å². The second-order valence-corrected chi connectivity index (χ2v) is 6.72. The van der Waals surface area contributed by atoms with Gasteiger partial charge >= 0.3 is 5.97 Å². The first-order valence-electron chi connectivity index (χ1n) is 9.07. The van der Waals surface area contributed by atoms with Crippen molar-refractivity contribution < 1.29 is 19.1 Å². The summed E-state index contributed by atoms with van der Waals surface area (Å²) in [4.78, 5) is 31.1. The van der Waals surface area contributed by atoms with Crippen LogP contribution in [0.3, 0.4) is 0 Å². The number of carbonyl (C=O) groups excluding carboxylic acids is 2. The van der Waals surface area contributed by atoms with E-state index >= 15 is 0 Å². The molecule has 1 aromatic heterocycles. The summed E-state index contributed by atoms with van der Waals surface area (Å²) in [6.45, 7) is 0.579. The normalized spacial score (nSPS) is 16.6.